The summed E-state index contributed by atoms with van der Waals surface area (Å²) >= 11 is 11.9. The van der Waals surface area contributed by atoms with Crippen LogP contribution in [0.2, 0.25) is 10.0 Å². The minimum Gasteiger partial charge on any atom is -0.376 e. The number of benzene rings is 2. The fourth-order valence-electron chi connectivity index (χ4n) is 1.66. The van der Waals surface area contributed by atoms with Crippen molar-refractivity contribution < 1.29 is 4.79 Å². The molecule has 0 saturated heterocycles. The van der Waals surface area contributed by atoms with E-state index in [-0.39, 0.29) is 12.5 Å². The van der Waals surface area contributed by atoms with Gasteiger partial charge in [-0.15, -0.1) is 0 Å². The number of carbonyl (C=O) groups excluding carboxylic acids is 1. The van der Waals surface area contributed by atoms with Crippen molar-refractivity contribution in [2.45, 2.75) is 6.92 Å². The Balaban J connectivity index is 1.91. The highest BCUT2D eigenvalue weighted by molar-refractivity contribution is 6.31. The Morgan fingerprint density at radius 1 is 1.10 bits per heavy atom. The van der Waals surface area contributed by atoms with E-state index in [9.17, 15) is 4.79 Å². The fourth-order valence-corrected chi connectivity index (χ4v) is 2.03. The van der Waals surface area contributed by atoms with Crippen molar-refractivity contribution in [1.29, 1.82) is 0 Å². The van der Waals surface area contributed by atoms with Crippen LogP contribution < -0.4 is 10.6 Å². The lowest BCUT2D eigenvalue weighted by Crippen LogP contribution is -2.21. The van der Waals surface area contributed by atoms with Gasteiger partial charge in [-0.3, -0.25) is 4.79 Å². The van der Waals surface area contributed by atoms with Gasteiger partial charge in [0.25, 0.3) is 0 Å². The van der Waals surface area contributed by atoms with Crippen molar-refractivity contribution >= 4 is 40.5 Å². The van der Waals surface area contributed by atoms with E-state index in [0.29, 0.717) is 15.7 Å². The molecule has 2 rings (SSSR count). The highest BCUT2D eigenvalue weighted by atomic mass is 35.5. The number of carbonyl (C=O) groups is 1. The van der Waals surface area contributed by atoms with Crippen LogP contribution in [0.15, 0.2) is 42.5 Å². The van der Waals surface area contributed by atoms with Gasteiger partial charge in [0.2, 0.25) is 5.91 Å². The van der Waals surface area contributed by atoms with Crippen molar-refractivity contribution in [2.75, 3.05) is 17.2 Å². The Morgan fingerprint density at radius 2 is 1.90 bits per heavy atom. The summed E-state index contributed by atoms with van der Waals surface area (Å²) in [6.07, 6.45) is 0. The lowest BCUT2D eigenvalue weighted by molar-refractivity contribution is -0.114. The molecule has 2 aromatic carbocycles. The van der Waals surface area contributed by atoms with E-state index in [1.807, 2.05) is 31.2 Å². The molecular weight excluding hydrogens is 295 g/mol. The van der Waals surface area contributed by atoms with Gasteiger partial charge in [-0.1, -0.05) is 35.3 Å². The van der Waals surface area contributed by atoms with Crippen LogP contribution in [0.3, 0.4) is 0 Å². The first kappa shape index (κ1) is 14.7. The monoisotopic (exact) mass is 308 g/mol. The maximum Gasteiger partial charge on any atom is 0.243 e. The molecule has 1 amide bonds. The molecule has 5 heteroatoms. The van der Waals surface area contributed by atoms with Crippen molar-refractivity contribution in [2.24, 2.45) is 0 Å². The molecule has 0 atom stereocenters. The Labute approximate surface area is 127 Å². The standard InChI is InChI=1S/C15H14Cl2N2O/c1-10-5-6-13(8-14(10)17)19-15(20)9-18-12-4-2-3-11(16)7-12/h2-8,18H,9H2,1H3,(H,19,20). The average molecular weight is 309 g/mol. The van der Waals surface area contributed by atoms with Gasteiger partial charge in [0.15, 0.2) is 0 Å². The number of halogens is 2. The van der Waals surface area contributed by atoms with Crippen LogP contribution >= 0.6 is 23.2 Å². The molecule has 0 unspecified atom stereocenters. The number of hydrogen-bond acceptors (Lipinski definition) is 2. The van der Waals surface area contributed by atoms with E-state index in [1.54, 1.807) is 18.2 Å². The van der Waals surface area contributed by atoms with Crippen LogP contribution in [-0.4, -0.2) is 12.5 Å². The van der Waals surface area contributed by atoms with Crippen LogP contribution in [0.1, 0.15) is 5.56 Å². The third-order valence-corrected chi connectivity index (χ3v) is 3.38. The number of amides is 1. The maximum absolute atomic E-state index is 11.8. The summed E-state index contributed by atoms with van der Waals surface area (Å²) in [4.78, 5) is 11.8. The smallest absolute Gasteiger partial charge is 0.243 e. The summed E-state index contributed by atoms with van der Waals surface area (Å²) < 4.78 is 0. The summed E-state index contributed by atoms with van der Waals surface area (Å²) in [6, 6.07) is 12.6. The first-order valence-electron chi connectivity index (χ1n) is 6.10. The van der Waals surface area contributed by atoms with Crippen LogP contribution in [0.5, 0.6) is 0 Å². The van der Waals surface area contributed by atoms with E-state index >= 15 is 0 Å². The highest BCUT2D eigenvalue weighted by Crippen LogP contribution is 2.20. The molecule has 0 aromatic heterocycles. The minimum atomic E-state index is -0.148. The zero-order valence-electron chi connectivity index (χ0n) is 10.9. The highest BCUT2D eigenvalue weighted by Gasteiger charge is 2.04. The molecular formula is C15H14Cl2N2O. The number of nitrogens with one attached hydrogen (secondary N) is 2. The molecule has 3 nitrogen and oxygen atoms in total. The third kappa shape index (κ3) is 4.15. The third-order valence-electron chi connectivity index (χ3n) is 2.73. The van der Waals surface area contributed by atoms with Crippen molar-refractivity contribution in [3.05, 3.63) is 58.1 Å². The summed E-state index contributed by atoms with van der Waals surface area (Å²) in [7, 11) is 0. The van der Waals surface area contributed by atoms with E-state index in [1.165, 1.54) is 0 Å². The van der Waals surface area contributed by atoms with Crippen LogP contribution in [0.25, 0.3) is 0 Å². The van der Waals surface area contributed by atoms with E-state index in [2.05, 4.69) is 10.6 Å². The second kappa shape index (κ2) is 6.64. The Morgan fingerprint density at radius 3 is 2.60 bits per heavy atom. The largest absolute Gasteiger partial charge is 0.376 e. The molecule has 0 saturated carbocycles. The molecule has 20 heavy (non-hydrogen) atoms. The molecule has 2 aromatic rings. The zero-order chi connectivity index (χ0) is 14.5. The first-order valence-corrected chi connectivity index (χ1v) is 6.85. The molecule has 0 spiro atoms. The number of rotatable bonds is 4. The topological polar surface area (TPSA) is 41.1 Å². The van der Waals surface area contributed by atoms with Gasteiger partial charge in [0.05, 0.1) is 6.54 Å². The summed E-state index contributed by atoms with van der Waals surface area (Å²) in [6.45, 7) is 2.07. The molecule has 0 bridgehead atoms. The number of aryl methyl sites for hydroxylation is 1. The van der Waals surface area contributed by atoms with E-state index in [0.717, 1.165) is 11.3 Å². The Hall–Kier alpha value is -1.71. The van der Waals surface area contributed by atoms with Crippen molar-refractivity contribution in [3.8, 4) is 0 Å². The van der Waals surface area contributed by atoms with Gasteiger partial charge in [0, 0.05) is 21.4 Å². The second-order valence-corrected chi connectivity index (χ2v) is 5.22. The lowest BCUT2D eigenvalue weighted by Gasteiger charge is -2.09. The molecule has 0 aliphatic heterocycles. The molecule has 0 aliphatic carbocycles. The van der Waals surface area contributed by atoms with Gasteiger partial charge < -0.3 is 10.6 Å². The van der Waals surface area contributed by atoms with Crippen LogP contribution in [0, 0.1) is 6.92 Å². The molecule has 2 N–H and O–H groups in total. The van der Waals surface area contributed by atoms with Gasteiger partial charge in [-0.05, 0) is 42.8 Å². The quantitative estimate of drug-likeness (QED) is 0.881. The van der Waals surface area contributed by atoms with Gasteiger partial charge in [-0.25, -0.2) is 0 Å². The SMILES string of the molecule is Cc1ccc(NC(=O)CNc2cccc(Cl)c2)cc1Cl. The van der Waals surface area contributed by atoms with Crippen LogP contribution in [0.4, 0.5) is 11.4 Å². The summed E-state index contributed by atoms with van der Waals surface area (Å²) in [5.41, 5.74) is 2.45. The molecule has 0 aliphatic rings. The fraction of sp³-hybridized carbons (Fsp3) is 0.133. The molecule has 104 valence electrons. The maximum atomic E-state index is 11.8. The van der Waals surface area contributed by atoms with Crippen molar-refractivity contribution in [1.82, 2.24) is 0 Å². The van der Waals surface area contributed by atoms with Gasteiger partial charge in [-0.2, -0.15) is 0 Å². The average Bonchev–Trinajstić information content (AvgIpc) is 2.41. The molecule has 0 heterocycles. The molecule has 0 radical (unpaired) electrons. The summed E-state index contributed by atoms with van der Waals surface area (Å²) in [5, 5.41) is 7.03. The van der Waals surface area contributed by atoms with E-state index < -0.39 is 0 Å². The van der Waals surface area contributed by atoms with Gasteiger partial charge in [0.1, 0.15) is 0 Å². The minimum absolute atomic E-state index is 0.148. The Kier molecular flexibility index (Phi) is 4.88. The predicted octanol–water partition coefficient (Wildman–Crippen LogP) is 4.35. The summed E-state index contributed by atoms with van der Waals surface area (Å²) in [5.74, 6) is -0.148. The van der Waals surface area contributed by atoms with Gasteiger partial charge >= 0.3 is 0 Å². The van der Waals surface area contributed by atoms with Crippen LogP contribution in [-0.2, 0) is 4.79 Å². The number of anilines is 2. The van der Waals surface area contributed by atoms with Crippen molar-refractivity contribution in [3.63, 3.8) is 0 Å². The Bertz CT molecular complexity index is 629. The first-order chi connectivity index (χ1) is 9.54. The predicted molar refractivity (Wildman–Crippen MR) is 84.8 cm³/mol. The van der Waals surface area contributed by atoms with E-state index in [4.69, 9.17) is 23.2 Å². The normalized spacial score (nSPS) is 10.2. The zero-order valence-corrected chi connectivity index (χ0v) is 12.4. The second-order valence-electron chi connectivity index (χ2n) is 4.38. The lowest BCUT2D eigenvalue weighted by atomic mass is 10.2. The molecule has 0 fully saturated rings. The number of hydrogen-bond donors (Lipinski definition) is 2.